The van der Waals surface area contributed by atoms with Gasteiger partial charge in [0, 0.05) is 10.0 Å². The quantitative estimate of drug-likeness (QED) is 0.877. The Balaban J connectivity index is 3.02. The van der Waals surface area contributed by atoms with E-state index in [-0.39, 0.29) is 0 Å². The zero-order chi connectivity index (χ0) is 13.0. The summed E-state index contributed by atoms with van der Waals surface area (Å²) in [6.45, 7) is 3.34. The van der Waals surface area contributed by atoms with Crippen LogP contribution in [0.3, 0.4) is 0 Å². The molecule has 5 heteroatoms. The van der Waals surface area contributed by atoms with E-state index in [1.54, 1.807) is 32.0 Å². The van der Waals surface area contributed by atoms with Crippen LogP contribution < -0.4 is 4.74 Å². The molecule has 0 aliphatic rings. The van der Waals surface area contributed by atoms with Crippen molar-refractivity contribution < 1.29 is 19.7 Å². The number of aliphatic hydroxyl groups excluding tert-OH is 1. The molecule has 2 atom stereocenters. The zero-order valence-corrected chi connectivity index (χ0v) is 11.3. The summed E-state index contributed by atoms with van der Waals surface area (Å²) in [5.41, 5.74) is 0.577. The Bertz CT molecular complexity index is 403. The summed E-state index contributed by atoms with van der Waals surface area (Å²) in [5, 5.41) is 18.5. The molecule has 1 aromatic carbocycles. The van der Waals surface area contributed by atoms with Crippen LogP contribution in [0.4, 0.5) is 0 Å². The second-order valence-corrected chi connectivity index (χ2v) is 4.63. The van der Waals surface area contributed by atoms with Gasteiger partial charge >= 0.3 is 5.97 Å². The fourth-order valence-corrected chi connectivity index (χ4v) is 1.76. The number of carboxylic acids is 1. The second-order valence-electron chi connectivity index (χ2n) is 3.71. The molecule has 17 heavy (non-hydrogen) atoms. The molecular weight excluding hydrogens is 288 g/mol. The van der Waals surface area contributed by atoms with Gasteiger partial charge in [0.15, 0.2) is 6.10 Å². The number of halogens is 1. The molecular formula is C12H15BrO4. The largest absolute Gasteiger partial charge is 0.479 e. The van der Waals surface area contributed by atoms with Gasteiger partial charge in [-0.25, -0.2) is 4.79 Å². The Labute approximate surface area is 108 Å². The van der Waals surface area contributed by atoms with Gasteiger partial charge in [-0.05, 0) is 25.5 Å². The summed E-state index contributed by atoms with van der Waals surface area (Å²) in [4.78, 5) is 10.9. The lowest BCUT2D eigenvalue weighted by atomic mass is 10.1. The smallest absolute Gasteiger partial charge is 0.344 e. The SMILES string of the molecule is CCC(Oc1cc(Br)ccc1[C@@H](C)O)C(=O)O. The fourth-order valence-electron chi connectivity index (χ4n) is 1.42. The predicted octanol–water partition coefficient (Wildman–Crippen LogP) is 2.74. The fraction of sp³-hybridized carbons (Fsp3) is 0.417. The van der Waals surface area contributed by atoms with Gasteiger partial charge in [0.05, 0.1) is 6.10 Å². The van der Waals surface area contributed by atoms with Crippen LogP contribution in [0.2, 0.25) is 0 Å². The van der Waals surface area contributed by atoms with Gasteiger partial charge in [0.25, 0.3) is 0 Å². The summed E-state index contributed by atoms with van der Waals surface area (Å²) in [6, 6.07) is 5.14. The Morgan fingerprint density at radius 2 is 2.18 bits per heavy atom. The number of carbonyl (C=O) groups is 1. The van der Waals surface area contributed by atoms with Crippen molar-refractivity contribution in [1.29, 1.82) is 0 Å². The highest BCUT2D eigenvalue weighted by molar-refractivity contribution is 9.10. The molecule has 1 rings (SSSR count). The lowest BCUT2D eigenvalue weighted by Gasteiger charge is -2.18. The van der Waals surface area contributed by atoms with E-state index in [9.17, 15) is 9.90 Å². The maximum atomic E-state index is 10.9. The number of aliphatic carboxylic acids is 1. The predicted molar refractivity (Wildman–Crippen MR) is 67.1 cm³/mol. The first-order chi connectivity index (χ1) is 7.95. The molecule has 0 aliphatic carbocycles. The topological polar surface area (TPSA) is 66.8 Å². The van der Waals surface area contributed by atoms with Crippen molar-refractivity contribution in [3.05, 3.63) is 28.2 Å². The summed E-state index contributed by atoms with van der Waals surface area (Å²) in [7, 11) is 0. The van der Waals surface area contributed by atoms with Crippen LogP contribution in [0, 0.1) is 0 Å². The monoisotopic (exact) mass is 302 g/mol. The van der Waals surface area contributed by atoms with E-state index in [0.29, 0.717) is 17.7 Å². The minimum Gasteiger partial charge on any atom is -0.479 e. The molecule has 0 saturated carbocycles. The van der Waals surface area contributed by atoms with Crippen molar-refractivity contribution in [2.24, 2.45) is 0 Å². The third kappa shape index (κ3) is 3.71. The van der Waals surface area contributed by atoms with E-state index >= 15 is 0 Å². The van der Waals surface area contributed by atoms with Crippen molar-refractivity contribution in [1.82, 2.24) is 0 Å². The van der Waals surface area contributed by atoms with Gasteiger partial charge in [0.1, 0.15) is 5.75 Å². The molecule has 0 spiro atoms. The van der Waals surface area contributed by atoms with Crippen LogP contribution >= 0.6 is 15.9 Å². The van der Waals surface area contributed by atoms with Gasteiger partial charge in [-0.2, -0.15) is 0 Å². The first-order valence-electron chi connectivity index (χ1n) is 5.32. The van der Waals surface area contributed by atoms with E-state index in [1.165, 1.54) is 0 Å². The first-order valence-corrected chi connectivity index (χ1v) is 6.12. The van der Waals surface area contributed by atoms with Crippen molar-refractivity contribution in [2.45, 2.75) is 32.5 Å². The lowest BCUT2D eigenvalue weighted by molar-refractivity contribution is -0.145. The molecule has 0 aliphatic heterocycles. The maximum Gasteiger partial charge on any atom is 0.344 e. The Morgan fingerprint density at radius 3 is 2.65 bits per heavy atom. The molecule has 2 N–H and O–H groups in total. The van der Waals surface area contributed by atoms with Crippen molar-refractivity contribution >= 4 is 21.9 Å². The molecule has 4 nitrogen and oxygen atoms in total. The number of carboxylic acid groups (broad SMARTS) is 1. The number of hydrogen-bond donors (Lipinski definition) is 2. The van der Waals surface area contributed by atoms with Gasteiger partial charge in [0.2, 0.25) is 0 Å². The molecule has 1 aromatic rings. The van der Waals surface area contributed by atoms with Gasteiger partial charge in [-0.3, -0.25) is 0 Å². The molecule has 0 saturated heterocycles. The van der Waals surface area contributed by atoms with E-state index < -0.39 is 18.2 Å². The van der Waals surface area contributed by atoms with Crippen molar-refractivity contribution in [3.8, 4) is 5.75 Å². The van der Waals surface area contributed by atoms with Crippen LogP contribution in [0.5, 0.6) is 5.75 Å². The average molecular weight is 303 g/mol. The molecule has 0 heterocycles. The van der Waals surface area contributed by atoms with Gasteiger partial charge < -0.3 is 14.9 Å². The van der Waals surface area contributed by atoms with Crippen molar-refractivity contribution in [2.75, 3.05) is 0 Å². The molecule has 0 aromatic heterocycles. The van der Waals surface area contributed by atoms with E-state index in [2.05, 4.69) is 15.9 Å². The summed E-state index contributed by atoms with van der Waals surface area (Å²) < 4.78 is 6.18. The number of hydrogen-bond acceptors (Lipinski definition) is 3. The highest BCUT2D eigenvalue weighted by Gasteiger charge is 2.19. The lowest BCUT2D eigenvalue weighted by Crippen LogP contribution is -2.26. The number of aliphatic hydroxyl groups is 1. The summed E-state index contributed by atoms with van der Waals surface area (Å²) >= 11 is 3.29. The number of ether oxygens (including phenoxy) is 1. The molecule has 0 fully saturated rings. The van der Waals surface area contributed by atoms with Gasteiger partial charge in [-0.1, -0.05) is 28.9 Å². The third-order valence-corrected chi connectivity index (χ3v) is 2.83. The molecule has 94 valence electrons. The van der Waals surface area contributed by atoms with E-state index in [4.69, 9.17) is 9.84 Å². The highest BCUT2D eigenvalue weighted by atomic mass is 79.9. The zero-order valence-electron chi connectivity index (χ0n) is 9.68. The Kier molecular flexibility index (Phi) is 4.96. The van der Waals surface area contributed by atoms with Crippen LogP contribution in [-0.4, -0.2) is 22.3 Å². The maximum absolute atomic E-state index is 10.9. The minimum absolute atomic E-state index is 0.362. The van der Waals surface area contributed by atoms with Gasteiger partial charge in [-0.15, -0.1) is 0 Å². The number of benzene rings is 1. The second kappa shape index (κ2) is 6.02. The standard InChI is InChI=1S/C12H15BrO4/c1-3-10(12(15)16)17-11-6-8(13)4-5-9(11)7(2)14/h4-7,10,14H,3H2,1-2H3,(H,15,16)/t7-,10?/m1/s1. The molecule has 1 unspecified atom stereocenters. The number of rotatable bonds is 5. The van der Waals surface area contributed by atoms with E-state index in [0.717, 1.165) is 4.47 Å². The van der Waals surface area contributed by atoms with Crippen LogP contribution in [0.25, 0.3) is 0 Å². The normalized spacial score (nSPS) is 14.1. The van der Waals surface area contributed by atoms with Crippen LogP contribution in [0.15, 0.2) is 22.7 Å². The van der Waals surface area contributed by atoms with Crippen LogP contribution in [-0.2, 0) is 4.79 Å². The highest BCUT2D eigenvalue weighted by Crippen LogP contribution is 2.29. The Morgan fingerprint density at radius 1 is 1.53 bits per heavy atom. The molecule has 0 bridgehead atoms. The Hall–Kier alpha value is -1.07. The first kappa shape index (κ1) is 14.0. The molecule has 0 radical (unpaired) electrons. The molecule has 0 amide bonds. The third-order valence-electron chi connectivity index (χ3n) is 2.34. The minimum atomic E-state index is -1.01. The summed E-state index contributed by atoms with van der Waals surface area (Å²) in [6.07, 6.45) is -1.24. The van der Waals surface area contributed by atoms with E-state index in [1.807, 2.05) is 0 Å². The average Bonchev–Trinajstić information content (AvgIpc) is 2.25. The van der Waals surface area contributed by atoms with Crippen LogP contribution in [0.1, 0.15) is 31.9 Å². The van der Waals surface area contributed by atoms with Crippen molar-refractivity contribution in [3.63, 3.8) is 0 Å². The summed E-state index contributed by atoms with van der Waals surface area (Å²) in [5.74, 6) is -0.618.